The van der Waals surface area contributed by atoms with Gasteiger partial charge in [-0.1, -0.05) is 46.3 Å². The number of rotatable bonds is 5. The highest BCUT2D eigenvalue weighted by molar-refractivity contribution is 9.10. The van der Waals surface area contributed by atoms with Gasteiger partial charge in [-0.3, -0.25) is 4.79 Å². The van der Waals surface area contributed by atoms with Crippen LogP contribution in [0, 0.1) is 0 Å². The van der Waals surface area contributed by atoms with Crippen LogP contribution in [0.15, 0.2) is 53.0 Å². The summed E-state index contributed by atoms with van der Waals surface area (Å²) in [6, 6.07) is 14.9. The maximum atomic E-state index is 11.5. The predicted octanol–water partition coefficient (Wildman–Crippen LogP) is 3.87. The third kappa shape index (κ3) is 3.39. The number of carboxylic acid groups (broad SMARTS) is 1. The first-order valence-corrected chi connectivity index (χ1v) is 7.01. The van der Waals surface area contributed by atoms with Crippen LogP contribution in [-0.4, -0.2) is 18.2 Å². The standard InChI is InChI=1S/C16H15BrO3/c1-20-15-8-7-13(17)9-12(15)10-14(16(18)19)11-5-3-2-4-6-11/h2-9,14H,10H2,1H3,(H,18,19). The van der Waals surface area contributed by atoms with E-state index in [0.29, 0.717) is 12.2 Å². The molecule has 0 fully saturated rings. The maximum absolute atomic E-state index is 11.5. The molecule has 0 aliphatic heterocycles. The molecule has 2 aromatic rings. The Labute approximate surface area is 126 Å². The SMILES string of the molecule is COc1ccc(Br)cc1CC(C(=O)O)c1ccccc1. The fourth-order valence-electron chi connectivity index (χ4n) is 2.16. The highest BCUT2D eigenvalue weighted by atomic mass is 79.9. The lowest BCUT2D eigenvalue weighted by molar-refractivity contribution is -0.138. The second-order valence-electron chi connectivity index (χ2n) is 4.46. The number of halogens is 1. The predicted molar refractivity (Wildman–Crippen MR) is 81.2 cm³/mol. The Morgan fingerprint density at radius 2 is 1.95 bits per heavy atom. The van der Waals surface area contributed by atoms with Gasteiger partial charge in [0.25, 0.3) is 0 Å². The van der Waals surface area contributed by atoms with Gasteiger partial charge in [0.1, 0.15) is 5.75 Å². The Morgan fingerprint density at radius 1 is 1.25 bits per heavy atom. The molecule has 0 heterocycles. The molecule has 0 radical (unpaired) electrons. The summed E-state index contributed by atoms with van der Waals surface area (Å²) in [4.78, 5) is 11.5. The van der Waals surface area contributed by atoms with Crippen LogP contribution in [0.3, 0.4) is 0 Å². The molecule has 0 aromatic heterocycles. The van der Waals surface area contributed by atoms with E-state index in [9.17, 15) is 9.90 Å². The molecule has 0 amide bonds. The largest absolute Gasteiger partial charge is 0.496 e. The van der Waals surface area contributed by atoms with Crippen LogP contribution in [-0.2, 0) is 11.2 Å². The molecule has 3 nitrogen and oxygen atoms in total. The van der Waals surface area contributed by atoms with E-state index in [1.54, 1.807) is 7.11 Å². The number of ether oxygens (including phenoxy) is 1. The molecule has 0 aliphatic rings. The smallest absolute Gasteiger partial charge is 0.311 e. The average molecular weight is 335 g/mol. The molecule has 4 heteroatoms. The van der Waals surface area contributed by atoms with Crippen LogP contribution < -0.4 is 4.74 Å². The fourth-order valence-corrected chi connectivity index (χ4v) is 2.57. The fraction of sp³-hybridized carbons (Fsp3) is 0.188. The molecule has 0 saturated carbocycles. The number of carbonyl (C=O) groups is 1. The molecule has 1 N–H and O–H groups in total. The second kappa shape index (κ2) is 6.57. The van der Waals surface area contributed by atoms with E-state index in [-0.39, 0.29) is 0 Å². The van der Waals surface area contributed by atoms with Crippen LogP contribution >= 0.6 is 15.9 Å². The lowest BCUT2D eigenvalue weighted by Crippen LogP contribution is -2.14. The normalized spacial score (nSPS) is 11.9. The van der Waals surface area contributed by atoms with Crippen LogP contribution in [0.2, 0.25) is 0 Å². The van der Waals surface area contributed by atoms with E-state index in [0.717, 1.165) is 15.6 Å². The molecule has 0 saturated heterocycles. The molecule has 1 atom stereocenters. The second-order valence-corrected chi connectivity index (χ2v) is 5.38. The Bertz CT molecular complexity index is 596. The molecular formula is C16H15BrO3. The first-order valence-electron chi connectivity index (χ1n) is 6.22. The van der Waals surface area contributed by atoms with Crippen LogP contribution in [0.5, 0.6) is 5.75 Å². The zero-order chi connectivity index (χ0) is 14.5. The van der Waals surface area contributed by atoms with Crippen LogP contribution in [0.1, 0.15) is 17.0 Å². The third-order valence-electron chi connectivity index (χ3n) is 3.17. The van der Waals surface area contributed by atoms with Gasteiger partial charge in [0, 0.05) is 4.47 Å². The molecule has 104 valence electrons. The van der Waals surface area contributed by atoms with E-state index in [1.165, 1.54) is 0 Å². The van der Waals surface area contributed by atoms with Gasteiger partial charge in [0.2, 0.25) is 0 Å². The summed E-state index contributed by atoms with van der Waals surface area (Å²) >= 11 is 3.41. The van der Waals surface area contributed by atoms with E-state index in [4.69, 9.17) is 4.74 Å². The van der Waals surface area contributed by atoms with Crippen LogP contribution in [0.4, 0.5) is 0 Å². The Balaban J connectivity index is 2.34. The quantitative estimate of drug-likeness (QED) is 0.902. The molecule has 20 heavy (non-hydrogen) atoms. The van der Waals surface area contributed by atoms with Gasteiger partial charge >= 0.3 is 5.97 Å². The van der Waals surface area contributed by atoms with E-state index in [2.05, 4.69) is 15.9 Å². The molecular weight excluding hydrogens is 320 g/mol. The van der Waals surface area contributed by atoms with Gasteiger partial charge in [-0.25, -0.2) is 0 Å². The van der Waals surface area contributed by atoms with Crippen LogP contribution in [0.25, 0.3) is 0 Å². The van der Waals surface area contributed by atoms with Crippen molar-refractivity contribution in [3.05, 3.63) is 64.1 Å². The third-order valence-corrected chi connectivity index (χ3v) is 3.66. The molecule has 0 spiro atoms. The minimum Gasteiger partial charge on any atom is -0.496 e. The minimum absolute atomic E-state index is 0.391. The van der Waals surface area contributed by atoms with Crippen molar-refractivity contribution in [1.82, 2.24) is 0 Å². The summed E-state index contributed by atoms with van der Waals surface area (Å²) < 4.78 is 6.21. The number of methoxy groups -OCH3 is 1. The van der Waals surface area contributed by atoms with Crippen molar-refractivity contribution in [2.45, 2.75) is 12.3 Å². The highest BCUT2D eigenvalue weighted by Gasteiger charge is 2.21. The summed E-state index contributed by atoms with van der Waals surface area (Å²) in [5, 5.41) is 9.47. The van der Waals surface area contributed by atoms with Gasteiger partial charge in [-0.15, -0.1) is 0 Å². The summed E-state index contributed by atoms with van der Waals surface area (Å²) in [7, 11) is 1.59. The van der Waals surface area contributed by atoms with E-state index >= 15 is 0 Å². The zero-order valence-corrected chi connectivity index (χ0v) is 12.6. The van der Waals surface area contributed by atoms with Crippen molar-refractivity contribution in [1.29, 1.82) is 0 Å². The van der Waals surface area contributed by atoms with Crippen molar-refractivity contribution in [3.8, 4) is 5.75 Å². The topological polar surface area (TPSA) is 46.5 Å². The van der Waals surface area contributed by atoms with Crippen molar-refractivity contribution in [2.75, 3.05) is 7.11 Å². The molecule has 0 aliphatic carbocycles. The van der Waals surface area contributed by atoms with E-state index in [1.807, 2.05) is 48.5 Å². The molecule has 2 rings (SSSR count). The first-order chi connectivity index (χ1) is 9.61. The number of benzene rings is 2. The molecule has 0 bridgehead atoms. The molecule has 1 unspecified atom stereocenters. The van der Waals surface area contributed by atoms with Gasteiger partial charge < -0.3 is 9.84 Å². The van der Waals surface area contributed by atoms with Gasteiger partial charge in [-0.2, -0.15) is 0 Å². The Kier molecular flexibility index (Phi) is 4.79. The number of carboxylic acids is 1. The van der Waals surface area contributed by atoms with Crippen molar-refractivity contribution < 1.29 is 14.6 Å². The summed E-state index contributed by atoms with van der Waals surface area (Å²) in [5.74, 6) is -0.715. The first kappa shape index (κ1) is 14.6. The summed E-state index contributed by atoms with van der Waals surface area (Å²) in [5.41, 5.74) is 1.67. The van der Waals surface area contributed by atoms with Gasteiger partial charge in [0.15, 0.2) is 0 Å². The van der Waals surface area contributed by atoms with Gasteiger partial charge in [0.05, 0.1) is 13.0 Å². The van der Waals surface area contributed by atoms with E-state index < -0.39 is 11.9 Å². The Hall–Kier alpha value is -1.81. The number of aliphatic carboxylic acids is 1. The van der Waals surface area contributed by atoms with Crippen molar-refractivity contribution in [3.63, 3.8) is 0 Å². The summed E-state index contributed by atoms with van der Waals surface area (Å²) in [6.45, 7) is 0. The Morgan fingerprint density at radius 3 is 2.55 bits per heavy atom. The van der Waals surface area contributed by atoms with Gasteiger partial charge in [-0.05, 0) is 35.7 Å². The lowest BCUT2D eigenvalue weighted by Gasteiger charge is -2.15. The van der Waals surface area contributed by atoms with Crippen molar-refractivity contribution in [2.24, 2.45) is 0 Å². The zero-order valence-electron chi connectivity index (χ0n) is 11.0. The van der Waals surface area contributed by atoms with Crippen molar-refractivity contribution >= 4 is 21.9 Å². The maximum Gasteiger partial charge on any atom is 0.311 e. The number of hydrogen-bond donors (Lipinski definition) is 1. The minimum atomic E-state index is -0.835. The monoisotopic (exact) mass is 334 g/mol. The highest BCUT2D eigenvalue weighted by Crippen LogP contribution is 2.29. The lowest BCUT2D eigenvalue weighted by atomic mass is 9.92. The molecule has 2 aromatic carbocycles. The number of hydrogen-bond acceptors (Lipinski definition) is 2. The average Bonchev–Trinajstić information content (AvgIpc) is 2.45. The summed E-state index contributed by atoms with van der Waals surface area (Å²) in [6.07, 6.45) is 0.391.